The fourth-order valence-corrected chi connectivity index (χ4v) is 3.66. The predicted octanol–water partition coefficient (Wildman–Crippen LogP) is 3.89. The Bertz CT molecular complexity index is 1230. The van der Waals surface area contributed by atoms with Gasteiger partial charge in [-0.1, -0.05) is 12.1 Å². The standard InChI is InChI=1S/C23H20N4O3/c1-14-9-19-18(12-17(14)16-3-2-6-24-13-16)23(27-26-19)25-22(28)11-15-4-5-20-21(10-15)30-8-7-29-20/h2-6,9-10,12-13H,7-8,11H2,1H3,(H2,25,26,27,28). The van der Waals surface area contributed by atoms with E-state index < -0.39 is 0 Å². The second-order valence-corrected chi connectivity index (χ2v) is 7.23. The topological polar surface area (TPSA) is 89.1 Å². The zero-order chi connectivity index (χ0) is 20.5. The molecule has 0 spiro atoms. The molecule has 2 aromatic carbocycles. The van der Waals surface area contributed by atoms with Gasteiger partial charge in [-0.25, -0.2) is 0 Å². The molecule has 0 saturated heterocycles. The number of aromatic nitrogens is 3. The van der Waals surface area contributed by atoms with Crippen LogP contribution in [0.4, 0.5) is 5.82 Å². The minimum Gasteiger partial charge on any atom is -0.486 e. The molecular weight excluding hydrogens is 380 g/mol. The fraction of sp³-hybridized carbons (Fsp3) is 0.174. The fourth-order valence-electron chi connectivity index (χ4n) is 3.66. The van der Waals surface area contributed by atoms with Crippen LogP contribution < -0.4 is 14.8 Å². The van der Waals surface area contributed by atoms with Crippen LogP contribution in [0, 0.1) is 6.92 Å². The van der Waals surface area contributed by atoms with E-state index in [4.69, 9.17) is 9.47 Å². The van der Waals surface area contributed by atoms with Crippen LogP contribution in [0.1, 0.15) is 11.1 Å². The first kappa shape index (κ1) is 18.2. The Labute approximate surface area is 173 Å². The highest BCUT2D eigenvalue weighted by Gasteiger charge is 2.15. The number of anilines is 1. The van der Waals surface area contributed by atoms with E-state index in [0.717, 1.165) is 33.2 Å². The average Bonchev–Trinajstić information content (AvgIpc) is 3.14. The molecule has 1 aliphatic heterocycles. The Morgan fingerprint density at radius 3 is 2.83 bits per heavy atom. The Morgan fingerprint density at radius 2 is 2.00 bits per heavy atom. The van der Waals surface area contributed by atoms with E-state index in [1.807, 2.05) is 55.6 Å². The lowest BCUT2D eigenvalue weighted by Crippen LogP contribution is -2.17. The summed E-state index contributed by atoms with van der Waals surface area (Å²) >= 11 is 0. The lowest BCUT2D eigenvalue weighted by Gasteiger charge is -2.18. The summed E-state index contributed by atoms with van der Waals surface area (Å²) in [7, 11) is 0. The monoisotopic (exact) mass is 400 g/mol. The maximum atomic E-state index is 12.7. The Balaban J connectivity index is 1.39. The zero-order valence-corrected chi connectivity index (χ0v) is 16.4. The van der Waals surface area contributed by atoms with Gasteiger partial charge < -0.3 is 14.8 Å². The van der Waals surface area contributed by atoms with E-state index in [1.165, 1.54) is 0 Å². The summed E-state index contributed by atoms with van der Waals surface area (Å²) in [5, 5.41) is 11.1. The SMILES string of the molecule is Cc1cc2[nH]nc(NC(=O)Cc3ccc4c(c3)OCCO4)c2cc1-c1cccnc1. The minimum atomic E-state index is -0.149. The molecule has 2 N–H and O–H groups in total. The molecule has 150 valence electrons. The van der Waals surface area contributed by atoms with Crippen molar-refractivity contribution in [1.29, 1.82) is 0 Å². The normalized spacial score (nSPS) is 12.7. The number of aromatic amines is 1. The third kappa shape index (κ3) is 3.45. The number of carbonyl (C=O) groups is 1. The number of rotatable bonds is 4. The summed E-state index contributed by atoms with van der Waals surface area (Å²) in [5.74, 6) is 1.75. The molecule has 0 atom stereocenters. The second kappa shape index (κ2) is 7.51. The molecule has 5 rings (SSSR count). The number of nitrogens with one attached hydrogen (secondary N) is 2. The van der Waals surface area contributed by atoms with Crippen LogP contribution in [-0.2, 0) is 11.2 Å². The third-order valence-electron chi connectivity index (χ3n) is 5.11. The number of H-pyrrole nitrogens is 1. The summed E-state index contributed by atoms with van der Waals surface area (Å²) in [6.07, 6.45) is 3.79. The van der Waals surface area contributed by atoms with Gasteiger partial charge in [0, 0.05) is 23.3 Å². The molecule has 30 heavy (non-hydrogen) atoms. The van der Waals surface area contributed by atoms with Crippen LogP contribution in [0.15, 0.2) is 54.9 Å². The molecular formula is C23H20N4O3. The van der Waals surface area contributed by atoms with E-state index in [2.05, 4.69) is 20.5 Å². The Kier molecular flexibility index (Phi) is 4.55. The van der Waals surface area contributed by atoms with Gasteiger partial charge in [0.05, 0.1) is 11.9 Å². The molecule has 1 aliphatic rings. The van der Waals surface area contributed by atoms with Gasteiger partial charge in [-0.2, -0.15) is 5.10 Å². The number of hydrogen-bond donors (Lipinski definition) is 2. The van der Waals surface area contributed by atoms with Crippen molar-refractivity contribution in [1.82, 2.24) is 15.2 Å². The van der Waals surface area contributed by atoms with Gasteiger partial charge in [-0.15, -0.1) is 0 Å². The molecule has 0 saturated carbocycles. The van der Waals surface area contributed by atoms with Gasteiger partial charge in [0.15, 0.2) is 17.3 Å². The van der Waals surface area contributed by atoms with E-state index in [9.17, 15) is 4.79 Å². The molecule has 0 radical (unpaired) electrons. The largest absolute Gasteiger partial charge is 0.486 e. The summed E-state index contributed by atoms with van der Waals surface area (Å²) in [6.45, 7) is 3.10. The van der Waals surface area contributed by atoms with Crippen LogP contribution in [0.2, 0.25) is 0 Å². The maximum absolute atomic E-state index is 12.7. The highest BCUT2D eigenvalue weighted by Crippen LogP contribution is 2.32. The molecule has 4 aromatic rings. The first-order valence-electron chi connectivity index (χ1n) is 9.75. The quantitative estimate of drug-likeness (QED) is 0.543. The molecule has 0 bridgehead atoms. The van der Waals surface area contributed by atoms with Crippen LogP contribution in [-0.4, -0.2) is 34.3 Å². The smallest absolute Gasteiger partial charge is 0.230 e. The minimum absolute atomic E-state index is 0.149. The Morgan fingerprint density at radius 1 is 1.13 bits per heavy atom. The highest BCUT2D eigenvalue weighted by molar-refractivity contribution is 6.02. The van der Waals surface area contributed by atoms with Gasteiger partial charge in [0.2, 0.25) is 5.91 Å². The summed E-state index contributed by atoms with van der Waals surface area (Å²) in [4.78, 5) is 16.9. The van der Waals surface area contributed by atoms with Gasteiger partial charge in [0.25, 0.3) is 0 Å². The van der Waals surface area contributed by atoms with Crippen molar-refractivity contribution in [3.63, 3.8) is 0 Å². The molecule has 0 unspecified atom stereocenters. The van der Waals surface area contributed by atoms with E-state index in [0.29, 0.717) is 30.5 Å². The first-order valence-corrected chi connectivity index (χ1v) is 9.75. The molecule has 3 heterocycles. The second-order valence-electron chi connectivity index (χ2n) is 7.23. The van der Waals surface area contributed by atoms with Crippen molar-refractivity contribution in [2.45, 2.75) is 13.3 Å². The third-order valence-corrected chi connectivity index (χ3v) is 5.11. The van der Waals surface area contributed by atoms with Gasteiger partial charge in [0.1, 0.15) is 13.2 Å². The number of nitrogens with zero attached hydrogens (tertiary/aromatic N) is 2. The van der Waals surface area contributed by atoms with Crippen LogP contribution >= 0.6 is 0 Å². The number of pyridine rings is 1. The number of aryl methyl sites for hydroxylation is 1. The molecule has 7 nitrogen and oxygen atoms in total. The van der Waals surface area contributed by atoms with Crippen molar-refractivity contribution in [2.75, 3.05) is 18.5 Å². The molecule has 0 fully saturated rings. The molecule has 0 aliphatic carbocycles. The molecule has 2 aromatic heterocycles. The zero-order valence-electron chi connectivity index (χ0n) is 16.4. The lowest BCUT2D eigenvalue weighted by molar-refractivity contribution is -0.115. The number of carbonyl (C=O) groups excluding carboxylic acids is 1. The van der Waals surface area contributed by atoms with Gasteiger partial charge in [-0.05, 0) is 53.9 Å². The van der Waals surface area contributed by atoms with Crippen LogP contribution in [0.3, 0.4) is 0 Å². The maximum Gasteiger partial charge on any atom is 0.230 e. The number of benzene rings is 2. The van der Waals surface area contributed by atoms with Crippen molar-refractivity contribution in [3.8, 4) is 22.6 Å². The predicted molar refractivity (Wildman–Crippen MR) is 114 cm³/mol. The van der Waals surface area contributed by atoms with Gasteiger partial charge >= 0.3 is 0 Å². The van der Waals surface area contributed by atoms with E-state index in [-0.39, 0.29) is 12.3 Å². The first-order chi connectivity index (χ1) is 14.7. The number of ether oxygens (including phenoxy) is 2. The highest BCUT2D eigenvalue weighted by atomic mass is 16.6. The van der Waals surface area contributed by atoms with Crippen molar-refractivity contribution >= 4 is 22.6 Å². The van der Waals surface area contributed by atoms with Crippen molar-refractivity contribution < 1.29 is 14.3 Å². The lowest BCUT2D eigenvalue weighted by atomic mass is 10.00. The van der Waals surface area contributed by atoms with E-state index in [1.54, 1.807) is 6.20 Å². The van der Waals surface area contributed by atoms with Crippen molar-refractivity contribution in [3.05, 3.63) is 66.0 Å². The van der Waals surface area contributed by atoms with Crippen LogP contribution in [0.25, 0.3) is 22.0 Å². The number of hydrogen-bond acceptors (Lipinski definition) is 5. The number of amides is 1. The van der Waals surface area contributed by atoms with Gasteiger partial charge in [-0.3, -0.25) is 14.9 Å². The average molecular weight is 400 g/mol. The Hall–Kier alpha value is -3.87. The van der Waals surface area contributed by atoms with Crippen molar-refractivity contribution in [2.24, 2.45) is 0 Å². The molecule has 7 heteroatoms. The van der Waals surface area contributed by atoms with E-state index >= 15 is 0 Å². The summed E-state index contributed by atoms with van der Waals surface area (Å²) in [6, 6.07) is 13.5. The number of fused-ring (bicyclic) bond motifs is 2. The van der Waals surface area contributed by atoms with Crippen LogP contribution in [0.5, 0.6) is 11.5 Å². The summed E-state index contributed by atoms with van der Waals surface area (Å²) < 4.78 is 11.1. The molecule has 1 amide bonds. The summed E-state index contributed by atoms with van der Waals surface area (Å²) in [5.41, 5.74) is 4.90.